The van der Waals surface area contributed by atoms with Gasteiger partial charge in [0.1, 0.15) is 0 Å². The highest BCUT2D eigenvalue weighted by Crippen LogP contribution is 2.23. The first-order chi connectivity index (χ1) is 6.81. The zero-order valence-electron chi connectivity index (χ0n) is 7.80. The van der Waals surface area contributed by atoms with E-state index in [2.05, 4.69) is 10.5 Å². The highest BCUT2D eigenvalue weighted by atomic mass is 35.5. The van der Waals surface area contributed by atoms with Crippen molar-refractivity contribution in [2.45, 2.75) is 6.54 Å². The fourth-order valence-corrected chi connectivity index (χ4v) is 1.61. The molecule has 0 saturated heterocycles. The maximum Gasteiger partial charge on any atom is 0.0659 e. The molecule has 0 fully saturated rings. The van der Waals surface area contributed by atoms with Gasteiger partial charge in [0.15, 0.2) is 0 Å². The number of rotatable bonds is 3. The van der Waals surface area contributed by atoms with E-state index in [1.165, 1.54) is 0 Å². The van der Waals surface area contributed by atoms with E-state index in [1.54, 1.807) is 13.3 Å². The summed E-state index contributed by atoms with van der Waals surface area (Å²) in [4.78, 5) is 7.87. The van der Waals surface area contributed by atoms with Crippen LogP contribution >= 0.6 is 11.6 Å². The summed E-state index contributed by atoms with van der Waals surface area (Å²) >= 11 is 6.00. The summed E-state index contributed by atoms with van der Waals surface area (Å²) < 4.78 is 0. The number of hydrogen-bond acceptors (Lipinski definition) is 2. The zero-order chi connectivity index (χ0) is 9.97. The average Bonchev–Trinajstić information content (AvgIpc) is 2.57. The van der Waals surface area contributed by atoms with Gasteiger partial charge >= 0.3 is 0 Å². The number of nitrogens with one attached hydrogen (secondary N) is 2. The lowest BCUT2D eigenvalue weighted by molar-refractivity contribution is 0.0867. The first kappa shape index (κ1) is 9.52. The van der Waals surface area contributed by atoms with Crippen molar-refractivity contribution < 1.29 is 4.84 Å². The molecule has 74 valence electrons. The van der Waals surface area contributed by atoms with Crippen LogP contribution in [0.5, 0.6) is 0 Å². The molecule has 0 atom stereocenters. The van der Waals surface area contributed by atoms with Crippen molar-refractivity contribution in [3.05, 3.63) is 35.0 Å². The molecule has 1 aromatic heterocycles. The van der Waals surface area contributed by atoms with Gasteiger partial charge in [0.2, 0.25) is 0 Å². The van der Waals surface area contributed by atoms with Crippen LogP contribution in [0.15, 0.2) is 24.4 Å². The SMILES string of the molecule is CONCc1ccc2[nH]cc(Cl)c2c1. The standard InChI is InChI=1S/C10H11ClN2O/c1-14-13-5-7-2-3-10-8(4-7)9(11)6-12-10/h2-4,6,12-13H,5H2,1H3. The number of hydroxylamine groups is 1. The topological polar surface area (TPSA) is 37.0 Å². The van der Waals surface area contributed by atoms with Crippen molar-refractivity contribution in [1.82, 2.24) is 10.5 Å². The third-order valence-electron chi connectivity index (χ3n) is 2.12. The predicted molar refractivity (Wildman–Crippen MR) is 57.2 cm³/mol. The second-order valence-corrected chi connectivity index (χ2v) is 3.45. The lowest BCUT2D eigenvalue weighted by atomic mass is 10.1. The van der Waals surface area contributed by atoms with E-state index < -0.39 is 0 Å². The quantitative estimate of drug-likeness (QED) is 0.764. The maximum absolute atomic E-state index is 6.00. The Bertz CT molecular complexity index is 439. The van der Waals surface area contributed by atoms with Gasteiger partial charge in [0.25, 0.3) is 0 Å². The summed E-state index contributed by atoms with van der Waals surface area (Å²) in [6.45, 7) is 0.675. The fraction of sp³-hybridized carbons (Fsp3) is 0.200. The number of hydrogen-bond donors (Lipinski definition) is 2. The van der Waals surface area contributed by atoms with Gasteiger partial charge in [-0.15, -0.1) is 0 Å². The first-order valence-electron chi connectivity index (χ1n) is 4.32. The molecular weight excluding hydrogens is 200 g/mol. The van der Waals surface area contributed by atoms with Gasteiger partial charge in [-0.1, -0.05) is 17.7 Å². The van der Waals surface area contributed by atoms with Gasteiger partial charge in [-0.3, -0.25) is 0 Å². The minimum absolute atomic E-state index is 0.675. The molecule has 2 aromatic rings. The van der Waals surface area contributed by atoms with Gasteiger partial charge in [0, 0.05) is 23.6 Å². The predicted octanol–water partition coefficient (Wildman–Crippen LogP) is 2.47. The van der Waals surface area contributed by atoms with Crippen LogP contribution in [0.4, 0.5) is 0 Å². The smallest absolute Gasteiger partial charge is 0.0659 e. The van der Waals surface area contributed by atoms with Crippen molar-refractivity contribution in [2.24, 2.45) is 0 Å². The molecule has 0 radical (unpaired) electrons. The van der Waals surface area contributed by atoms with Crippen LogP contribution in [0.1, 0.15) is 5.56 Å². The number of benzene rings is 1. The molecule has 2 rings (SSSR count). The van der Waals surface area contributed by atoms with Gasteiger partial charge in [-0.05, 0) is 17.7 Å². The third-order valence-corrected chi connectivity index (χ3v) is 2.43. The summed E-state index contributed by atoms with van der Waals surface area (Å²) in [6.07, 6.45) is 1.79. The van der Waals surface area contributed by atoms with Crippen molar-refractivity contribution in [3.8, 4) is 0 Å². The molecule has 0 spiro atoms. The van der Waals surface area contributed by atoms with E-state index in [0.29, 0.717) is 6.54 Å². The van der Waals surface area contributed by atoms with Crippen molar-refractivity contribution in [2.75, 3.05) is 7.11 Å². The second kappa shape index (κ2) is 4.00. The van der Waals surface area contributed by atoms with Gasteiger partial charge in [0.05, 0.1) is 12.1 Å². The fourth-order valence-electron chi connectivity index (χ4n) is 1.40. The van der Waals surface area contributed by atoms with Crippen LogP contribution in [-0.4, -0.2) is 12.1 Å². The molecule has 0 aliphatic rings. The number of halogens is 1. The molecule has 0 aliphatic heterocycles. The minimum atomic E-state index is 0.675. The molecule has 0 unspecified atom stereocenters. The minimum Gasteiger partial charge on any atom is -0.360 e. The van der Waals surface area contributed by atoms with E-state index in [4.69, 9.17) is 16.4 Å². The van der Waals surface area contributed by atoms with E-state index in [-0.39, 0.29) is 0 Å². The highest BCUT2D eigenvalue weighted by molar-refractivity contribution is 6.35. The van der Waals surface area contributed by atoms with E-state index in [9.17, 15) is 0 Å². The third kappa shape index (κ3) is 1.75. The average molecular weight is 211 g/mol. The molecule has 3 nitrogen and oxygen atoms in total. The Labute approximate surface area is 87.0 Å². The molecule has 0 bridgehead atoms. The summed E-state index contributed by atoms with van der Waals surface area (Å²) in [5.41, 5.74) is 4.98. The Morgan fingerprint density at radius 1 is 1.50 bits per heavy atom. The molecule has 0 aliphatic carbocycles. The summed E-state index contributed by atoms with van der Waals surface area (Å²) in [7, 11) is 1.60. The summed E-state index contributed by atoms with van der Waals surface area (Å²) in [5.74, 6) is 0. The van der Waals surface area contributed by atoms with Crippen LogP contribution in [0, 0.1) is 0 Å². The zero-order valence-corrected chi connectivity index (χ0v) is 8.56. The Morgan fingerprint density at radius 2 is 2.36 bits per heavy atom. The van der Waals surface area contributed by atoms with Gasteiger partial charge < -0.3 is 9.82 Å². The van der Waals surface area contributed by atoms with Crippen LogP contribution in [-0.2, 0) is 11.4 Å². The normalized spacial score (nSPS) is 11.0. The maximum atomic E-state index is 6.00. The van der Waals surface area contributed by atoms with Crippen LogP contribution < -0.4 is 5.48 Å². The van der Waals surface area contributed by atoms with Crippen LogP contribution in [0.2, 0.25) is 5.02 Å². The number of H-pyrrole nitrogens is 1. The van der Waals surface area contributed by atoms with E-state index in [0.717, 1.165) is 21.5 Å². The van der Waals surface area contributed by atoms with E-state index in [1.807, 2.05) is 18.2 Å². The summed E-state index contributed by atoms with van der Waals surface area (Å²) in [6, 6.07) is 6.08. The van der Waals surface area contributed by atoms with Gasteiger partial charge in [-0.25, -0.2) is 0 Å². The Morgan fingerprint density at radius 3 is 3.14 bits per heavy atom. The van der Waals surface area contributed by atoms with Crippen LogP contribution in [0.25, 0.3) is 10.9 Å². The molecule has 1 heterocycles. The number of aromatic amines is 1. The first-order valence-corrected chi connectivity index (χ1v) is 4.70. The van der Waals surface area contributed by atoms with Gasteiger partial charge in [-0.2, -0.15) is 5.48 Å². The largest absolute Gasteiger partial charge is 0.360 e. The monoisotopic (exact) mass is 210 g/mol. The molecule has 14 heavy (non-hydrogen) atoms. The van der Waals surface area contributed by atoms with E-state index >= 15 is 0 Å². The highest BCUT2D eigenvalue weighted by Gasteiger charge is 2.01. The lowest BCUT2D eigenvalue weighted by Gasteiger charge is -2.01. The number of fused-ring (bicyclic) bond motifs is 1. The molecule has 1 aromatic carbocycles. The van der Waals surface area contributed by atoms with Crippen LogP contribution in [0.3, 0.4) is 0 Å². The summed E-state index contributed by atoms with van der Waals surface area (Å²) in [5, 5.41) is 1.79. The molecule has 0 saturated carbocycles. The van der Waals surface area contributed by atoms with Crippen molar-refractivity contribution >= 4 is 22.5 Å². The Kier molecular flexibility index (Phi) is 2.72. The number of aromatic nitrogens is 1. The Balaban J connectivity index is 2.34. The molecule has 0 amide bonds. The molecule has 4 heteroatoms. The Hall–Kier alpha value is -1.03. The van der Waals surface area contributed by atoms with Crippen molar-refractivity contribution in [1.29, 1.82) is 0 Å². The van der Waals surface area contributed by atoms with Crippen molar-refractivity contribution in [3.63, 3.8) is 0 Å². The molecular formula is C10H11ClN2O. The second-order valence-electron chi connectivity index (χ2n) is 3.04. The lowest BCUT2D eigenvalue weighted by Crippen LogP contribution is -2.10. The molecule has 2 N–H and O–H groups in total.